The third-order valence-electron chi connectivity index (χ3n) is 2.29. The number of anilines is 1. The second kappa shape index (κ2) is 4.38. The summed E-state index contributed by atoms with van der Waals surface area (Å²) in [5.41, 5.74) is 0.891. The summed E-state index contributed by atoms with van der Waals surface area (Å²) in [5.74, 6) is 0.842. The van der Waals surface area contributed by atoms with Gasteiger partial charge < -0.3 is 9.72 Å². The van der Waals surface area contributed by atoms with E-state index in [2.05, 4.69) is 26.7 Å². The predicted molar refractivity (Wildman–Crippen MR) is 71.0 cm³/mol. The lowest BCUT2D eigenvalue weighted by molar-refractivity contribution is 1.03. The molecule has 0 bridgehead atoms. The number of fused-ring (bicyclic) bond motifs is 1. The smallest absolute Gasteiger partial charge is 0.170 e. The van der Waals surface area contributed by atoms with E-state index in [1.54, 1.807) is 29.3 Å². The molecule has 3 aromatic heterocycles. The topological polar surface area (TPSA) is 42.2 Å². The number of hydrogen-bond donors (Lipinski definition) is 1. The fourth-order valence-corrected chi connectivity index (χ4v) is 3.28. The van der Waals surface area contributed by atoms with Gasteiger partial charge in [0.2, 0.25) is 0 Å². The van der Waals surface area contributed by atoms with Crippen LogP contribution in [-0.2, 0) is 0 Å². The van der Waals surface area contributed by atoms with Crippen molar-refractivity contribution >= 4 is 34.6 Å². The van der Waals surface area contributed by atoms with Crippen LogP contribution in [0.5, 0.6) is 0 Å². The first-order chi connectivity index (χ1) is 8.36. The molecule has 0 spiro atoms. The van der Waals surface area contributed by atoms with Gasteiger partial charge in [-0.05, 0) is 11.4 Å². The second-order valence-corrected chi connectivity index (χ2v) is 5.61. The Morgan fingerprint density at radius 2 is 2.41 bits per heavy atom. The molecule has 3 heterocycles. The molecule has 0 saturated heterocycles. The van der Waals surface area contributed by atoms with Crippen LogP contribution in [0.25, 0.3) is 5.65 Å². The third kappa shape index (κ3) is 2.01. The van der Waals surface area contributed by atoms with Gasteiger partial charge in [0.15, 0.2) is 5.65 Å². The molecule has 0 atom stereocenters. The molecule has 0 aromatic carbocycles. The van der Waals surface area contributed by atoms with Crippen molar-refractivity contribution in [3.8, 4) is 0 Å². The molecule has 4 nitrogen and oxygen atoms in total. The van der Waals surface area contributed by atoms with Crippen molar-refractivity contribution in [3.05, 3.63) is 36.1 Å². The van der Waals surface area contributed by atoms with E-state index in [0.717, 1.165) is 16.5 Å². The minimum atomic E-state index is 0.842. The van der Waals surface area contributed by atoms with E-state index in [0.29, 0.717) is 0 Å². The van der Waals surface area contributed by atoms with Gasteiger partial charge in [-0.25, -0.2) is 9.97 Å². The second-order valence-electron chi connectivity index (χ2n) is 3.37. The van der Waals surface area contributed by atoms with Crippen LogP contribution in [0.3, 0.4) is 0 Å². The highest BCUT2D eigenvalue weighted by molar-refractivity contribution is 8.01. The van der Waals surface area contributed by atoms with E-state index in [1.165, 1.54) is 4.21 Å². The van der Waals surface area contributed by atoms with Gasteiger partial charge in [-0.3, -0.25) is 0 Å². The molecule has 86 valence electrons. The van der Waals surface area contributed by atoms with Crippen molar-refractivity contribution in [2.24, 2.45) is 0 Å². The van der Waals surface area contributed by atoms with Crippen LogP contribution in [0, 0.1) is 0 Å². The lowest BCUT2D eigenvalue weighted by Crippen LogP contribution is -1.98. The molecule has 0 fully saturated rings. The van der Waals surface area contributed by atoms with Crippen molar-refractivity contribution in [2.45, 2.75) is 9.24 Å². The Morgan fingerprint density at radius 3 is 3.18 bits per heavy atom. The van der Waals surface area contributed by atoms with E-state index >= 15 is 0 Å². The molecule has 0 amide bonds. The average Bonchev–Trinajstić information content (AvgIpc) is 2.98. The average molecular weight is 262 g/mol. The van der Waals surface area contributed by atoms with Crippen molar-refractivity contribution in [3.63, 3.8) is 0 Å². The molecule has 0 aliphatic carbocycles. The first kappa shape index (κ1) is 10.6. The molecular formula is C11H10N4S2. The Kier molecular flexibility index (Phi) is 2.74. The lowest BCUT2D eigenvalue weighted by Gasteiger charge is -2.05. The van der Waals surface area contributed by atoms with Gasteiger partial charge in [0.25, 0.3) is 0 Å². The molecular weight excluding hydrogens is 252 g/mol. The van der Waals surface area contributed by atoms with E-state index < -0.39 is 0 Å². The van der Waals surface area contributed by atoms with Gasteiger partial charge in [-0.2, -0.15) is 0 Å². The number of imidazole rings is 1. The van der Waals surface area contributed by atoms with Gasteiger partial charge in [0.05, 0.1) is 10.4 Å². The molecule has 0 aliphatic heterocycles. The molecule has 1 N–H and O–H groups in total. The highest BCUT2D eigenvalue weighted by Crippen LogP contribution is 2.32. The van der Waals surface area contributed by atoms with Crippen molar-refractivity contribution in [1.29, 1.82) is 0 Å². The van der Waals surface area contributed by atoms with Crippen molar-refractivity contribution in [1.82, 2.24) is 14.4 Å². The van der Waals surface area contributed by atoms with E-state index in [4.69, 9.17) is 0 Å². The summed E-state index contributed by atoms with van der Waals surface area (Å²) in [6, 6.07) is 4.13. The zero-order chi connectivity index (χ0) is 11.7. The molecule has 0 saturated carbocycles. The highest BCUT2D eigenvalue weighted by Gasteiger charge is 2.09. The van der Waals surface area contributed by atoms with E-state index in [9.17, 15) is 0 Å². The Bertz CT molecular complexity index is 630. The summed E-state index contributed by atoms with van der Waals surface area (Å²) in [6.45, 7) is 0. The van der Waals surface area contributed by atoms with Crippen LogP contribution >= 0.6 is 23.1 Å². The fraction of sp³-hybridized carbons (Fsp3) is 0.0909. The molecule has 6 heteroatoms. The van der Waals surface area contributed by atoms with Gasteiger partial charge in [0.1, 0.15) is 10.8 Å². The summed E-state index contributed by atoms with van der Waals surface area (Å²) in [5, 5.41) is 6.04. The van der Waals surface area contributed by atoms with Crippen molar-refractivity contribution in [2.75, 3.05) is 12.4 Å². The number of nitrogens with zero attached hydrogens (tertiary/aromatic N) is 3. The van der Waals surface area contributed by atoms with Crippen LogP contribution in [0.2, 0.25) is 0 Å². The largest absolute Gasteiger partial charge is 0.372 e. The minimum absolute atomic E-state index is 0.842. The summed E-state index contributed by atoms with van der Waals surface area (Å²) < 4.78 is 3.20. The molecule has 0 aliphatic rings. The standard InChI is InChI=1S/C11H10N4S2/c1-12-8-7-15-5-4-13-10(15)11(14-8)17-9-3-2-6-16-9/h2-7,12H,1H3. The van der Waals surface area contributed by atoms with Crippen LogP contribution in [0.1, 0.15) is 0 Å². The fourth-order valence-electron chi connectivity index (χ4n) is 1.51. The van der Waals surface area contributed by atoms with Gasteiger partial charge in [-0.15, -0.1) is 11.3 Å². The normalized spacial score (nSPS) is 10.9. The van der Waals surface area contributed by atoms with Crippen LogP contribution in [-0.4, -0.2) is 21.4 Å². The molecule has 3 aromatic rings. The molecule has 17 heavy (non-hydrogen) atoms. The zero-order valence-corrected chi connectivity index (χ0v) is 10.8. The van der Waals surface area contributed by atoms with E-state index in [1.807, 2.05) is 29.9 Å². The molecule has 0 radical (unpaired) electrons. The first-order valence-corrected chi connectivity index (χ1v) is 6.79. The van der Waals surface area contributed by atoms with Gasteiger partial charge >= 0.3 is 0 Å². The third-order valence-corrected chi connectivity index (χ3v) is 4.30. The van der Waals surface area contributed by atoms with E-state index in [-0.39, 0.29) is 0 Å². The Hall–Kier alpha value is -1.53. The quantitative estimate of drug-likeness (QED) is 0.788. The summed E-state index contributed by atoms with van der Waals surface area (Å²) in [4.78, 5) is 8.87. The summed E-state index contributed by atoms with van der Waals surface area (Å²) in [6.07, 6.45) is 5.64. The maximum atomic E-state index is 4.54. The van der Waals surface area contributed by atoms with Crippen LogP contribution < -0.4 is 5.32 Å². The van der Waals surface area contributed by atoms with Gasteiger partial charge in [0, 0.05) is 19.4 Å². The van der Waals surface area contributed by atoms with Crippen LogP contribution in [0.4, 0.5) is 5.82 Å². The SMILES string of the molecule is CNc1cn2ccnc2c(Sc2cccs2)n1. The highest BCUT2D eigenvalue weighted by atomic mass is 32.2. The Labute approximate surface area is 107 Å². The van der Waals surface area contributed by atoms with Crippen LogP contribution in [0.15, 0.2) is 45.3 Å². The number of thiophene rings is 1. The maximum Gasteiger partial charge on any atom is 0.170 e. The van der Waals surface area contributed by atoms with Crippen molar-refractivity contribution < 1.29 is 0 Å². The maximum absolute atomic E-state index is 4.54. The molecule has 3 rings (SSSR count). The Morgan fingerprint density at radius 1 is 1.47 bits per heavy atom. The lowest BCUT2D eigenvalue weighted by atomic mass is 10.6. The monoisotopic (exact) mass is 262 g/mol. The van der Waals surface area contributed by atoms with Gasteiger partial charge in [-0.1, -0.05) is 17.8 Å². The number of nitrogens with one attached hydrogen (secondary N) is 1. The Balaban J connectivity index is 2.10. The predicted octanol–water partition coefficient (Wildman–Crippen LogP) is 2.98. The number of aromatic nitrogens is 3. The summed E-state index contributed by atoms with van der Waals surface area (Å²) in [7, 11) is 1.87. The minimum Gasteiger partial charge on any atom is -0.372 e. The zero-order valence-electron chi connectivity index (χ0n) is 9.12. The first-order valence-electron chi connectivity index (χ1n) is 5.09. The summed E-state index contributed by atoms with van der Waals surface area (Å²) >= 11 is 3.35. The number of rotatable bonds is 3. The number of hydrogen-bond acceptors (Lipinski definition) is 5. The molecule has 0 unspecified atom stereocenters.